The van der Waals surface area contributed by atoms with E-state index < -0.39 is 23.9 Å². The molecule has 0 aliphatic carbocycles. The number of carboxylic acid groups (broad SMARTS) is 1. The molecule has 2 rings (SSSR count). The van der Waals surface area contributed by atoms with Crippen molar-refractivity contribution in [3.63, 3.8) is 0 Å². The Morgan fingerprint density at radius 3 is 2.52 bits per heavy atom. The Kier molecular flexibility index (Phi) is 6.07. The minimum atomic E-state index is -1.28. The van der Waals surface area contributed by atoms with Crippen molar-refractivity contribution in [3.05, 3.63) is 71.0 Å². The van der Waals surface area contributed by atoms with Crippen LogP contribution < -0.4 is 5.32 Å². The van der Waals surface area contributed by atoms with Crippen LogP contribution >= 0.6 is 0 Å². The molecule has 0 fully saturated rings. The van der Waals surface area contributed by atoms with Gasteiger partial charge in [0.05, 0.1) is 5.56 Å². The predicted molar refractivity (Wildman–Crippen MR) is 86.0 cm³/mol. The van der Waals surface area contributed by atoms with E-state index >= 15 is 0 Å². The molecule has 0 saturated heterocycles. The third-order valence-corrected chi connectivity index (χ3v) is 3.40. The van der Waals surface area contributed by atoms with Gasteiger partial charge in [0.15, 0.2) is 0 Å². The number of hydrogen-bond acceptors (Lipinski definition) is 4. The van der Waals surface area contributed by atoms with Crippen LogP contribution in [0.3, 0.4) is 0 Å². The molecule has 0 saturated carbocycles. The molecule has 0 radical (unpaired) electrons. The number of aliphatic carboxylic acids is 1. The standard InChI is InChI=1S/C18H15FN2O4/c19-15-8-13(6-7-14(15)10-20)9-16(17(22)23)21-18(24)25-11-12-4-2-1-3-5-12/h1-8,16H,9,11H2,(H,21,24)(H,22,23). The number of hydrogen-bond donors (Lipinski definition) is 2. The summed E-state index contributed by atoms with van der Waals surface area (Å²) in [4.78, 5) is 23.1. The average Bonchev–Trinajstić information content (AvgIpc) is 2.60. The van der Waals surface area contributed by atoms with E-state index in [0.717, 1.165) is 11.6 Å². The molecule has 7 heteroatoms. The average molecular weight is 342 g/mol. The number of carbonyl (C=O) groups is 2. The molecular weight excluding hydrogens is 327 g/mol. The summed E-state index contributed by atoms with van der Waals surface area (Å²) in [6, 6.07) is 13.1. The second-order valence-corrected chi connectivity index (χ2v) is 5.23. The molecule has 0 aliphatic heterocycles. The van der Waals surface area contributed by atoms with Crippen molar-refractivity contribution in [2.24, 2.45) is 0 Å². The van der Waals surface area contributed by atoms with Crippen LogP contribution in [0.4, 0.5) is 9.18 Å². The molecule has 0 heterocycles. The first-order chi connectivity index (χ1) is 12.0. The van der Waals surface area contributed by atoms with Gasteiger partial charge in [-0.3, -0.25) is 0 Å². The van der Waals surface area contributed by atoms with Crippen molar-refractivity contribution in [2.45, 2.75) is 19.1 Å². The Balaban J connectivity index is 1.96. The number of halogens is 1. The van der Waals surface area contributed by atoms with E-state index in [1.54, 1.807) is 30.3 Å². The quantitative estimate of drug-likeness (QED) is 0.841. The summed E-state index contributed by atoms with van der Waals surface area (Å²) in [5.41, 5.74) is 0.969. The summed E-state index contributed by atoms with van der Waals surface area (Å²) in [7, 11) is 0. The van der Waals surface area contributed by atoms with Crippen LogP contribution in [0, 0.1) is 17.1 Å². The normalized spacial score (nSPS) is 11.2. The van der Waals surface area contributed by atoms with Gasteiger partial charge >= 0.3 is 12.1 Å². The van der Waals surface area contributed by atoms with E-state index in [-0.39, 0.29) is 18.6 Å². The Hall–Kier alpha value is -3.40. The number of nitrogens with zero attached hydrogens (tertiary/aromatic N) is 1. The first kappa shape index (κ1) is 17.9. The smallest absolute Gasteiger partial charge is 0.408 e. The van der Waals surface area contributed by atoms with Crippen LogP contribution in [0.2, 0.25) is 0 Å². The number of nitriles is 1. The fraction of sp³-hybridized carbons (Fsp3) is 0.167. The topological polar surface area (TPSA) is 99.4 Å². The Morgan fingerprint density at radius 2 is 1.92 bits per heavy atom. The van der Waals surface area contributed by atoms with Crippen LogP contribution in [-0.4, -0.2) is 23.2 Å². The summed E-state index contributed by atoms with van der Waals surface area (Å²) >= 11 is 0. The lowest BCUT2D eigenvalue weighted by Gasteiger charge is -2.15. The lowest BCUT2D eigenvalue weighted by atomic mass is 10.0. The number of amides is 1. The number of carboxylic acids is 1. The molecule has 128 valence electrons. The van der Waals surface area contributed by atoms with Gasteiger partial charge in [0.1, 0.15) is 24.5 Å². The lowest BCUT2D eigenvalue weighted by molar-refractivity contribution is -0.139. The summed E-state index contributed by atoms with van der Waals surface area (Å²) in [6.07, 6.45) is -1.02. The molecule has 0 aliphatic rings. The Labute approximate surface area is 143 Å². The molecule has 2 N–H and O–H groups in total. The highest BCUT2D eigenvalue weighted by molar-refractivity contribution is 5.80. The first-order valence-corrected chi connectivity index (χ1v) is 7.38. The molecule has 0 spiro atoms. The number of ether oxygens (including phenoxy) is 1. The van der Waals surface area contributed by atoms with Crippen molar-refractivity contribution in [3.8, 4) is 6.07 Å². The van der Waals surface area contributed by atoms with Crippen molar-refractivity contribution < 1.29 is 23.8 Å². The number of alkyl carbamates (subject to hydrolysis) is 1. The zero-order valence-electron chi connectivity index (χ0n) is 13.1. The van der Waals surface area contributed by atoms with Gasteiger partial charge < -0.3 is 15.2 Å². The SMILES string of the molecule is N#Cc1ccc(CC(NC(=O)OCc2ccccc2)C(=O)O)cc1F. The molecule has 1 unspecified atom stereocenters. The summed E-state index contributed by atoms with van der Waals surface area (Å²) in [5, 5.41) is 20.2. The van der Waals surface area contributed by atoms with Gasteiger partial charge in [0.25, 0.3) is 0 Å². The van der Waals surface area contributed by atoms with E-state index in [0.29, 0.717) is 5.56 Å². The fourth-order valence-electron chi connectivity index (χ4n) is 2.12. The van der Waals surface area contributed by atoms with Gasteiger partial charge in [-0.1, -0.05) is 36.4 Å². The minimum absolute atomic E-state index is 0.00447. The van der Waals surface area contributed by atoms with Crippen LogP contribution in [0.25, 0.3) is 0 Å². The van der Waals surface area contributed by atoms with Crippen LogP contribution in [-0.2, 0) is 22.6 Å². The Morgan fingerprint density at radius 1 is 1.20 bits per heavy atom. The van der Waals surface area contributed by atoms with E-state index in [1.807, 2.05) is 6.07 Å². The predicted octanol–water partition coefficient (Wildman–Crippen LogP) is 2.62. The zero-order chi connectivity index (χ0) is 18.2. The molecule has 0 aromatic heterocycles. The van der Waals surface area contributed by atoms with Crippen molar-refractivity contribution in [1.82, 2.24) is 5.32 Å². The Bertz CT molecular complexity index is 802. The van der Waals surface area contributed by atoms with Gasteiger partial charge in [-0.15, -0.1) is 0 Å². The second kappa shape index (κ2) is 8.45. The summed E-state index contributed by atoms with van der Waals surface area (Å²) in [6.45, 7) is 0.00447. The van der Waals surface area contributed by atoms with Gasteiger partial charge in [-0.2, -0.15) is 5.26 Å². The lowest BCUT2D eigenvalue weighted by Crippen LogP contribution is -2.42. The van der Waals surface area contributed by atoms with Gasteiger partial charge in [-0.05, 0) is 23.3 Å². The third kappa shape index (κ3) is 5.32. The molecule has 2 aromatic carbocycles. The number of nitrogens with one attached hydrogen (secondary N) is 1. The van der Waals surface area contributed by atoms with Crippen molar-refractivity contribution in [1.29, 1.82) is 5.26 Å². The fourth-order valence-corrected chi connectivity index (χ4v) is 2.12. The molecular formula is C18H15FN2O4. The maximum Gasteiger partial charge on any atom is 0.408 e. The highest BCUT2D eigenvalue weighted by Gasteiger charge is 2.21. The monoisotopic (exact) mass is 342 g/mol. The number of rotatable bonds is 6. The molecule has 2 aromatic rings. The molecule has 25 heavy (non-hydrogen) atoms. The first-order valence-electron chi connectivity index (χ1n) is 7.38. The summed E-state index contributed by atoms with van der Waals surface area (Å²) in [5.74, 6) is -2.02. The van der Waals surface area contributed by atoms with Crippen molar-refractivity contribution in [2.75, 3.05) is 0 Å². The van der Waals surface area contributed by atoms with Crippen LogP contribution in [0.1, 0.15) is 16.7 Å². The van der Waals surface area contributed by atoms with E-state index in [9.17, 15) is 19.1 Å². The van der Waals surface area contributed by atoms with Gasteiger partial charge in [0.2, 0.25) is 0 Å². The number of benzene rings is 2. The molecule has 1 atom stereocenters. The highest BCUT2D eigenvalue weighted by atomic mass is 19.1. The molecule has 0 bridgehead atoms. The van der Waals surface area contributed by atoms with Crippen LogP contribution in [0.5, 0.6) is 0 Å². The van der Waals surface area contributed by atoms with Gasteiger partial charge in [0, 0.05) is 6.42 Å². The highest BCUT2D eigenvalue weighted by Crippen LogP contribution is 2.12. The van der Waals surface area contributed by atoms with Crippen LogP contribution in [0.15, 0.2) is 48.5 Å². The third-order valence-electron chi connectivity index (χ3n) is 3.40. The molecule has 1 amide bonds. The van der Waals surface area contributed by atoms with Gasteiger partial charge in [-0.25, -0.2) is 14.0 Å². The van der Waals surface area contributed by atoms with E-state index in [1.165, 1.54) is 12.1 Å². The van der Waals surface area contributed by atoms with Crippen molar-refractivity contribution >= 4 is 12.1 Å². The summed E-state index contributed by atoms with van der Waals surface area (Å²) < 4.78 is 18.6. The largest absolute Gasteiger partial charge is 0.480 e. The number of carbonyl (C=O) groups excluding carboxylic acids is 1. The maximum absolute atomic E-state index is 13.6. The second-order valence-electron chi connectivity index (χ2n) is 5.23. The van der Waals surface area contributed by atoms with E-state index in [2.05, 4.69) is 5.32 Å². The molecule has 6 nitrogen and oxygen atoms in total. The van der Waals surface area contributed by atoms with E-state index in [4.69, 9.17) is 10.00 Å². The maximum atomic E-state index is 13.6. The zero-order valence-corrected chi connectivity index (χ0v) is 13.1. The minimum Gasteiger partial charge on any atom is -0.480 e.